The molecule has 1 N–H and O–H groups in total. The molecule has 0 spiro atoms. The Morgan fingerprint density at radius 3 is 2.68 bits per heavy atom. The molecule has 0 aliphatic rings. The summed E-state index contributed by atoms with van der Waals surface area (Å²) < 4.78 is 7.11. The SMILES string of the molecule is Cc1cc(C(=O)NCCC(=O)OC(C)C)c(C)n1Cc1ccccn1. The summed E-state index contributed by atoms with van der Waals surface area (Å²) in [6, 6.07) is 7.64. The van der Waals surface area contributed by atoms with E-state index >= 15 is 0 Å². The standard InChI is InChI=1S/C19H25N3O3/c1-13(2)25-18(23)8-10-21-19(24)17-11-14(3)22(15(17)4)12-16-7-5-6-9-20-16/h5-7,9,11,13H,8,10,12H2,1-4H3,(H,21,24). The summed E-state index contributed by atoms with van der Waals surface area (Å²) in [5.74, 6) is -0.492. The third-order valence-corrected chi connectivity index (χ3v) is 3.85. The minimum atomic E-state index is -0.309. The second-order valence-corrected chi connectivity index (χ2v) is 6.24. The van der Waals surface area contributed by atoms with Crippen LogP contribution >= 0.6 is 0 Å². The van der Waals surface area contributed by atoms with E-state index in [0.29, 0.717) is 12.1 Å². The van der Waals surface area contributed by atoms with Gasteiger partial charge in [0.15, 0.2) is 0 Å². The molecule has 2 aromatic heterocycles. The van der Waals surface area contributed by atoms with E-state index in [4.69, 9.17) is 4.74 Å². The molecular formula is C19H25N3O3. The highest BCUT2D eigenvalue weighted by atomic mass is 16.5. The summed E-state index contributed by atoms with van der Waals surface area (Å²) in [5.41, 5.74) is 3.43. The maximum Gasteiger partial charge on any atom is 0.307 e. The smallest absolute Gasteiger partial charge is 0.307 e. The third-order valence-electron chi connectivity index (χ3n) is 3.85. The average Bonchev–Trinajstić information content (AvgIpc) is 2.83. The van der Waals surface area contributed by atoms with E-state index in [1.54, 1.807) is 20.0 Å². The summed E-state index contributed by atoms with van der Waals surface area (Å²) >= 11 is 0. The van der Waals surface area contributed by atoms with Gasteiger partial charge in [0.05, 0.1) is 30.3 Å². The lowest BCUT2D eigenvalue weighted by Gasteiger charge is -2.10. The van der Waals surface area contributed by atoms with Gasteiger partial charge in [0.1, 0.15) is 0 Å². The Kier molecular flexibility index (Phi) is 6.33. The fraction of sp³-hybridized carbons (Fsp3) is 0.421. The maximum atomic E-state index is 12.4. The van der Waals surface area contributed by atoms with Gasteiger partial charge in [0.25, 0.3) is 5.91 Å². The Labute approximate surface area is 148 Å². The molecule has 2 heterocycles. The van der Waals surface area contributed by atoms with Crippen molar-refractivity contribution in [2.45, 2.75) is 46.8 Å². The van der Waals surface area contributed by atoms with Crippen LogP contribution in [0.4, 0.5) is 0 Å². The number of carbonyl (C=O) groups is 2. The van der Waals surface area contributed by atoms with Gasteiger partial charge in [0, 0.05) is 24.1 Å². The van der Waals surface area contributed by atoms with Crippen molar-refractivity contribution in [3.63, 3.8) is 0 Å². The Balaban J connectivity index is 1.99. The Hall–Kier alpha value is -2.63. The quantitative estimate of drug-likeness (QED) is 0.784. The molecule has 2 rings (SSSR count). The highest BCUT2D eigenvalue weighted by Crippen LogP contribution is 2.16. The lowest BCUT2D eigenvalue weighted by atomic mass is 10.2. The highest BCUT2D eigenvalue weighted by Gasteiger charge is 2.16. The topological polar surface area (TPSA) is 73.2 Å². The fourth-order valence-corrected chi connectivity index (χ4v) is 2.62. The third kappa shape index (κ3) is 5.17. The van der Waals surface area contributed by atoms with Gasteiger partial charge in [-0.2, -0.15) is 0 Å². The van der Waals surface area contributed by atoms with Crippen LogP contribution in [0.15, 0.2) is 30.5 Å². The van der Waals surface area contributed by atoms with Crippen LogP contribution in [0.5, 0.6) is 0 Å². The van der Waals surface area contributed by atoms with Crippen LogP contribution in [0.25, 0.3) is 0 Å². The van der Waals surface area contributed by atoms with Gasteiger partial charge in [0.2, 0.25) is 0 Å². The van der Waals surface area contributed by atoms with Gasteiger partial charge in [-0.05, 0) is 45.9 Å². The number of amides is 1. The Bertz CT molecular complexity index is 736. The largest absolute Gasteiger partial charge is 0.463 e. The number of rotatable bonds is 7. The van der Waals surface area contributed by atoms with Gasteiger partial charge >= 0.3 is 5.97 Å². The summed E-state index contributed by atoms with van der Waals surface area (Å²) in [6.07, 6.45) is 1.78. The zero-order valence-corrected chi connectivity index (χ0v) is 15.2. The number of ether oxygens (including phenoxy) is 1. The predicted molar refractivity (Wildman–Crippen MR) is 95.4 cm³/mol. The molecule has 0 unspecified atom stereocenters. The van der Waals surface area contributed by atoms with Gasteiger partial charge in [-0.25, -0.2) is 0 Å². The van der Waals surface area contributed by atoms with Crippen molar-refractivity contribution in [1.82, 2.24) is 14.9 Å². The van der Waals surface area contributed by atoms with Crippen molar-refractivity contribution in [1.29, 1.82) is 0 Å². The van der Waals surface area contributed by atoms with E-state index < -0.39 is 0 Å². The first-order chi connectivity index (χ1) is 11.9. The van der Waals surface area contributed by atoms with E-state index in [9.17, 15) is 9.59 Å². The molecule has 6 heteroatoms. The summed E-state index contributed by atoms with van der Waals surface area (Å²) in [5, 5.41) is 2.78. The van der Waals surface area contributed by atoms with Crippen LogP contribution in [0.3, 0.4) is 0 Å². The molecule has 0 saturated carbocycles. The number of aryl methyl sites for hydroxylation is 1. The minimum absolute atomic E-state index is 0.145. The van der Waals surface area contributed by atoms with E-state index in [-0.39, 0.29) is 30.9 Å². The Morgan fingerprint density at radius 2 is 2.04 bits per heavy atom. The first-order valence-corrected chi connectivity index (χ1v) is 8.42. The molecule has 0 aliphatic carbocycles. The van der Waals surface area contributed by atoms with E-state index in [2.05, 4.69) is 14.9 Å². The number of nitrogens with zero attached hydrogens (tertiary/aromatic N) is 2. The van der Waals surface area contributed by atoms with Crippen molar-refractivity contribution < 1.29 is 14.3 Å². The first-order valence-electron chi connectivity index (χ1n) is 8.42. The van der Waals surface area contributed by atoms with E-state index in [1.807, 2.05) is 38.1 Å². The monoisotopic (exact) mass is 343 g/mol. The number of esters is 1. The molecule has 0 aromatic carbocycles. The summed E-state index contributed by atoms with van der Waals surface area (Å²) in [6.45, 7) is 8.35. The van der Waals surface area contributed by atoms with E-state index in [0.717, 1.165) is 17.1 Å². The van der Waals surface area contributed by atoms with Gasteiger partial charge < -0.3 is 14.6 Å². The van der Waals surface area contributed by atoms with Crippen molar-refractivity contribution in [2.24, 2.45) is 0 Å². The van der Waals surface area contributed by atoms with Crippen LogP contribution in [-0.4, -0.2) is 34.1 Å². The molecule has 0 bridgehead atoms. The van der Waals surface area contributed by atoms with Crippen LogP contribution in [0.2, 0.25) is 0 Å². The molecule has 0 aliphatic heterocycles. The number of carbonyl (C=O) groups excluding carboxylic acids is 2. The van der Waals surface area contributed by atoms with Gasteiger partial charge in [-0.3, -0.25) is 14.6 Å². The number of hydrogen-bond acceptors (Lipinski definition) is 4. The van der Waals surface area contributed by atoms with Crippen LogP contribution in [0.1, 0.15) is 47.7 Å². The highest BCUT2D eigenvalue weighted by molar-refractivity contribution is 5.95. The van der Waals surface area contributed by atoms with Gasteiger partial charge in [-0.15, -0.1) is 0 Å². The predicted octanol–water partition coefficient (Wildman–Crippen LogP) is 2.62. The summed E-state index contributed by atoms with van der Waals surface area (Å²) in [4.78, 5) is 28.2. The summed E-state index contributed by atoms with van der Waals surface area (Å²) in [7, 11) is 0. The minimum Gasteiger partial charge on any atom is -0.463 e. The van der Waals surface area contributed by atoms with Crippen molar-refractivity contribution in [2.75, 3.05) is 6.54 Å². The zero-order chi connectivity index (χ0) is 18.4. The zero-order valence-electron chi connectivity index (χ0n) is 15.2. The lowest BCUT2D eigenvalue weighted by molar-refractivity contribution is -0.147. The van der Waals surface area contributed by atoms with Crippen molar-refractivity contribution in [3.05, 3.63) is 53.1 Å². The van der Waals surface area contributed by atoms with Crippen molar-refractivity contribution in [3.8, 4) is 0 Å². The molecule has 0 radical (unpaired) electrons. The van der Waals surface area contributed by atoms with Crippen LogP contribution in [0, 0.1) is 13.8 Å². The molecular weight excluding hydrogens is 318 g/mol. The number of nitrogens with one attached hydrogen (secondary N) is 1. The van der Waals surface area contributed by atoms with Crippen molar-refractivity contribution >= 4 is 11.9 Å². The fourth-order valence-electron chi connectivity index (χ4n) is 2.62. The second kappa shape index (κ2) is 8.46. The molecule has 0 atom stereocenters. The molecule has 2 aromatic rings. The van der Waals surface area contributed by atoms with Gasteiger partial charge in [-0.1, -0.05) is 6.07 Å². The Morgan fingerprint density at radius 1 is 1.28 bits per heavy atom. The molecule has 25 heavy (non-hydrogen) atoms. The molecule has 0 fully saturated rings. The normalized spacial score (nSPS) is 10.8. The van der Waals surface area contributed by atoms with E-state index in [1.165, 1.54) is 0 Å². The average molecular weight is 343 g/mol. The molecule has 1 amide bonds. The number of hydrogen-bond donors (Lipinski definition) is 1. The molecule has 0 saturated heterocycles. The maximum absolute atomic E-state index is 12.4. The molecule has 134 valence electrons. The van der Waals surface area contributed by atoms with Crippen LogP contribution < -0.4 is 5.32 Å². The molecule has 6 nitrogen and oxygen atoms in total. The lowest BCUT2D eigenvalue weighted by Crippen LogP contribution is -2.27. The number of pyridine rings is 1. The second-order valence-electron chi connectivity index (χ2n) is 6.24. The number of aromatic nitrogens is 2. The first kappa shape index (κ1) is 18.7. The van der Waals surface area contributed by atoms with Crippen LogP contribution in [-0.2, 0) is 16.1 Å².